The monoisotopic (exact) mass is 658 g/mol. The van der Waals surface area contributed by atoms with E-state index >= 15 is 0 Å². The standard InChI is InChI=1S/C34H47BrO6Si/c1-22(2)42(23(3)4,24(5)6)41-17-15-27-19-31(40-21-25-12-10-9-11-13-25)34(37)33(35)32(27)28-20-30(39-8)29(38-7)18-26(28)14-16-36/h9-13,18-20,22-24,36-37H,14-17,21H2,1-8H3. The molecule has 0 unspecified atom stereocenters. The predicted octanol–water partition coefficient (Wildman–Crippen LogP) is 8.69. The Bertz CT molecular complexity index is 1290. The first-order valence-electron chi connectivity index (χ1n) is 14.7. The Morgan fingerprint density at radius 3 is 1.90 bits per heavy atom. The van der Waals surface area contributed by atoms with Gasteiger partial charge in [0.15, 0.2) is 31.3 Å². The second-order valence-corrected chi connectivity index (χ2v) is 17.9. The van der Waals surface area contributed by atoms with E-state index in [1.165, 1.54) is 0 Å². The predicted molar refractivity (Wildman–Crippen MR) is 177 cm³/mol. The van der Waals surface area contributed by atoms with Crippen LogP contribution in [0.3, 0.4) is 0 Å². The number of halogens is 1. The number of phenols is 1. The molecule has 3 rings (SSSR count). The number of hydrogen-bond acceptors (Lipinski definition) is 6. The van der Waals surface area contributed by atoms with Gasteiger partial charge in [-0.05, 0) is 85.8 Å². The molecular formula is C34H47BrO6Si. The number of hydrogen-bond donors (Lipinski definition) is 2. The molecule has 0 aliphatic carbocycles. The number of aromatic hydroxyl groups is 1. The fourth-order valence-electron chi connectivity index (χ4n) is 6.32. The SMILES string of the molecule is COc1cc(CCO)c(-c2c(CCO[Si](C(C)C)(C(C)C)C(C)C)cc(OCc3ccccc3)c(O)c2Br)cc1OC. The van der Waals surface area contributed by atoms with E-state index in [-0.39, 0.29) is 12.4 Å². The molecule has 6 nitrogen and oxygen atoms in total. The van der Waals surface area contributed by atoms with Crippen molar-refractivity contribution in [2.24, 2.45) is 0 Å². The van der Waals surface area contributed by atoms with Crippen LogP contribution in [0.15, 0.2) is 53.0 Å². The number of aliphatic hydroxyl groups is 1. The van der Waals surface area contributed by atoms with Gasteiger partial charge in [0.05, 0.1) is 18.7 Å². The summed E-state index contributed by atoms with van der Waals surface area (Å²) in [5.74, 6) is 1.57. The van der Waals surface area contributed by atoms with E-state index < -0.39 is 8.32 Å². The summed E-state index contributed by atoms with van der Waals surface area (Å²) in [6.45, 7) is 14.6. The van der Waals surface area contributed by atoms with E-state index in [2.05, 4.69) is 57.5 Å². The number of methoxy groups -OCH3 is 2. The smallest absolute Gasteiger partial charge is 0.200 e. The van der Waals surface area contributed by atoms with E-state index in [9.17, 15) is 10.2 Å². The van der Waals surface area contributed by atoms with Gasteiger partial charge in [-0.25, -0.2) is 0 Å². The Morgan fingerprint density at radius 1 is 0.786 bits per heavy atom. The number of ether oxygens (including phenoxy) is 3. The van der Waals surface area contributed by atoms with E-state index in [1.54, 1.807) is 14.2 Å². The van der Waals surface area contributed by atoms with Crippen LogP contribution in [0, 0.1) is 0 Å². The molecular weight excluding hydrogens is 612 g/mol. The lowest BCUT2D eigenvalue weighted by molar-refractivity contribution is 0.278. The first-order valence-corrected chi connectivity index (χ1v) is 17.7. The van der Waals surface area contributed by atoms with Gasteiger partial charge in [-0.15, -0.1) is 0 Å². The lowest BCUT2D eigenvalue weighted by atomic mass is 9.91. The largest absolute Gasteiger partial charge is 0.503 e. The summed E-state index contributed by atoms with van der Waals surface area (Å²) in [5.41, 5.74) is 5.92. The molecule has 0 aliphatic heterocycles. The number of phenolic OH excluding ortho intramolecular Hbond substituents is 1. The first kappa shape index (κ1) is 34.0. The van der Waals surface area contributed by atoms with Gasteiger partial charge in [0.2, 0.25) is 0 Å². The highest BCUT2D eigenvalue weighted by molar-refractivity contribution is 9.10. The fourth-order valence-corrected chi connectivity index (χ4v) is 12.4. The summed E-state index contributed by atoms with van der Waals surface area (Å²) >= 11 is 3.72. The summed E-state index contributed by atoms with van der Waals surface area (Å²) in [7, 11) is 1.11. The van der Waals surface area contributed by atoms with Crippen molar-refractivity contribution in [2.45, 2.75) is 77.6 Å². The average molecular weight is 660 g/mol. The molecule has 0 saturated heterocycles. The third-order valence-corrected chi connectivity index (χ3v) is 15.1. The van der Waals surface area contributed by atoms with Crippen molar-refractivity contribution in [2.75, 3.05) is 27.4 Å². The molecule has 0 amide bonds. The minimum Gasteiger partial charge on any atom is -0.503 e. The Morgan fingerprint density at radius 2 is 1.36 bits per heavy atom. The highest BCUT2D eigenvalue weighted by atomic mass is 79.9. The third-order valence-electron chi connectivity index (χ3n) is 8.21. The molecule has 0 aromatic heterocycles. The van der Waals surface area contributed by atoms with E-state index in [0.717, 1.165) is 27.8 Å². The molecule has 0 bridgehead atoms. The maximum Gasteiger partial charge on any atom is 0.200 e. The Hall–Kier alpha value is -2.52. The fraction of sp³-hybridized carbons (Fsp3) is 0.471. The van der Waals surface area contributed by atoms with Gasteiger partial charge in [-0.1, -0.05) is 71.9 Å². The molecule has 8 heteroatoms. The van der Waals surface area contributed by atoms with Gasteiger partial charge in [-0.3, -0.25) is 0 Å². The van der Waals surface area contributed by atoms with Crippen LogP contribution in [0.4, 0.5) is 0 Å². The molecule has 0 radical (unpaired) electrons. The van der Waals surface area contributed by atoms with Gasteiger partial charge >= 0.3 is 0 Å². The summed E-state index contributed by atoms with van der Waals surface area (Å²) in [4.78, 5) is 0. The molecule has 0 fully saturated rings. The second-order valence-electron chi connectivity index (χ2n) is 11.6. The summed E-state index contributed by atoms with van der Waals surface area (Å²) in [5, 5.41) is 21.3. The Kier molecular flexibility index (Phi) is 12.4. The van der Waals surface area contributed by atoms with Crippen LogP contribution < -0.4 is 14.2 Å². The van der Waals surface area contributed by atoms with Crippen molar-refractivity contribution in [1.82, 2.24) is 0 Å². The molecule has 0 spiro atoms. The number of rotatable bonds is 15. The minimum absolute atomic E-state index is 0.0191. The first-order chi connectivity index (χ1) is 20.0. The average Bonchev–Trinajstić information content (AvgIpc) is 2.96. The van der Waals surface area contributed by atoms with Crippen molar-refractivity contribution < 1.29 is 28.8 Å². The van der Waals surface area contributed by atoms with Gasteiger partial charge in [-0.2, -0.15) is 0 Å². The van der Waals surface area contributed by atoms with Crippen LogP contribution in [0.25, 0.3) is 11.1 Å². The maximum atomic E-state index is 11.4. The number of benzene rings is 3. The van der Waals surface area contributed by atoms with Crippen molar-refractivity contribution in [3.05, 3.63) is 69.7 Å². The number of aliphatic hydroxyl groups excluding tert-OH is 1. The maximum absolute atomic E-state index is 11.4. The highest BCUT2D eigenvalue weighted by Gasteiger charge is 2.44. The van der Waals surface area contributed by atoms with Gasteiger partial charge in [0.25, 0.3) is 0 Å². The highest BCUT2D eigenvalue weighted by Crippen LogP contribution is 2.48. The zero-order valence-electron chi connectivity index (χ0n) is 26.3. The summed E-state index contributed by atoms with van der Waals surface area (Å²) in [6.07, 6.45) is 1.03. The van der Waals surface area contributed by atoms with Crippen molar-refractivity contribution in [3.63, 3.8) is 0 Å². The summed E-state index contributed by atoms with van der Waals surface area (Å²) < 4.78 is 24.8. The molecule has 3 aromatic carbocycles. The minimum atomic E-state index is -2.09. The lowest BCUT2D eigenvalue weighted by Gasteiger charge is -2.42. The zero-order chi connectivity index (χ0) is 31.0. The van der Waals surface area contributed by atoms with Crippen LogP contribution in [0.2, 0.25) is 16.6 Å². The second kappa shape index (κ2) is 15.3. The molecule has 3 aromatic rings. The molecule has 42 heavy (non-hydrogen) atoms. The molecule has 0 atom stereocenters. The quantitative estimate of drug-likeness (QED) is 0.159. The third kappa shape index (κ3) is 7.33. The summed E-state index contributed by atoms with van der Waals surface area (Å²) in [6, 6.07) is 15.6. The van der Waals surface area contributed by atoms with Crippen molar-refractivity contribution in [3.8, 4) is 34.1 Å². The van der Waals surface area contributed by atoms with Crippen molar-refractivity contribution in [1.29, 1.82) is 0 Å². The Labute approximate surface area is 261 Å². The molecule has 0 saturated carbocycles. The van der Waals surface area contributed by atoms with Crippen LogP contribution in [-0.4, -0.2) is 46.0 Å². The van der Waals surface area contributed by atoms with E-state index in [1.807, 2.05) is 48.5 Å². The van der Waals surface area contributed by atoms with Crippen molar-refractivity contribution >= 4 is 24.2 Å². The molecule has 230 valence electrons. The van der Waals surface area contributed by atoms with Gasteiger partial charge < -0.3 is 28.8 Å². The lowest BCUT2D eigenvalue weighted by Crippen LogP contribution is -2.48. The normalized spacial score (nSPS) is 11.9. The van der Waals surface area contributed by atoms with Gasteiger partial charge in [0.1, 0.15) is 6.61 Å². The molecule has 0 heterocycles. The van der Waals surface area contributed by atoms with E-state index in [0.29, 0.717) is 64.4 Å². The van der Waals surface area contributed by atoms with Crippen LogP contribution in [0.1, 0.15) is 58.2 Å². The van der Waals surface area contributed by atoms with Gasteiger partial charge in [0, 0.05) is 18.8 Å². The molecule has 2 N–H and O–H groups in total. The Balaban J connectivity index is 2.15. The van der Waals surface area contributed by atoms with Crippen LogP contribution >= 0.6 is 15.9 Å². The van der Waals surface area contributed by atoms with Crippen LogP contribution in [-0.2, 0) is 23.9 Å². The molecule has 0 aliphatic rings. The van der Waals surface area contributed by atoms with Crippen LogP contribution in [0.5, 0.6) is 23.0 Å². The van der Waals surface area contributed by atoms with E-state index in [4.69, 9.17) is 18.6 Å². The topological polar surface area (TPSA) is 77.4 Å². The zero-order valence-corrected chi connectivity index (χ0v) is 28.9.